The Bertz CT molecular complexity index is 1050. The van der Waals surface area contributed by atoms with E-state index >= 15 is 0 Å². The van der Waals surface area contributed by atoms with Crippen LogP contribution in [-0.4, -0.2) is 63.4 Å². The van der Waals surface area contributed by atoms with Gasteiger partial charge >= 0.3 is 0 Å². The summed E-state index contributed by atoms with van der Waals surface area (Å²) in [6.07, 6.45) is 2.50. The fourth-order valence-corrected chi connectivity index (χ4v) is 5.24. The highest BCUT2D eigenvalue weighted by atomic mass is 35.5. The summed E-state index contributed by atoms with van der Waals surface area (Å²) < 4.78 is 38.0. The summed E-state index contributed by atoms with van der Waals surface area (Å²) in [5, 5.41) is 0.183. The van der Waals surface area contributed by atoms with Crippen LogP contribution in [0.25, 0.3) is 0 Å². The highest BCUT2D eigenvalue weighted by Crippen LogP contribution is 2.29. The van der Waals surface area contributed by atoms with Crippen LogP contribution in [0.5, 0.6) is 11.5 Å². The fourth-order valence-electron chi connectivity index (χ4n) is 3.33. The molecule has 0 aliphatic carbocycles. The molecule has 0 radical (unpaired) electrons. The number of halogens is 1. The Morgan fingerprint density at radius 2 is 1.84 bits per heavy atom. The standard InChI is InChI=1S/C22H25ClN2O5S/c1-3-6-17-9-10-19(20(15-17)29-2)30-16-22(26)24-11-13-25(14-12-24)31(27,28)21-8-5-4-7-18(21)23/h3-5,7-10,15H,1,6,11-14,16H2,2H3. The quantitative estimate of drug-likeness (QED) is 0.561. The van der Waals surface area contributed by atoms with Crippen LogP contribution >= 0.6 is 11.6 Å². The van der Waals surface area contributed by atoms with Gasteiger partial charge in [-0.15, -0.1) is 6.58 Å². The third-order valence-electron chi connectivity index (χ3n) is 5.01. The van der Waals surface area contributed by atoms with E-state index < -0.39 is 10.0 Å². The monoisotopic (exact) mass is 464 g/mol. The molecule has 1 aliphatic rings. The molecule has 1 amide bonds. The summed E-state index contributed by atoms with van der Waals surface area (Å²) in [5.41, 5.74) is 1.03. The first-order chi connectivity index (χ1) is 14.9. The molecule has 0 spiro atoms. The normalized spacial score (nSPS) is 14.8. The number of hydrogen-bond acceptors (Lipinski definition) is 5. The van der Waals surface area contributed by atoms with E-state index in [-0.39, 0.29) is 48.6 Å². The van der Waals surface area contributed by atoms with Gasteiger partial charge in [0.15, 0.2) is 18.1 Å². The highest BCUT2D eigenvalue weighted by Gasteiger charge is 2.31. The average molecular weight is 465 g/mol. The van der Waals surface area contributed by atoms with Crippen LogP contribution in [0.4, 0.5) is 0 Å². The second kappa shape index (κ2) is 10.2. The van der Waals surface area contributed by atoms with Gasteiger partial charge in [-0.3, -0.25) is 4.79 Å². The fraction of sp³-hybridized carbons (Fsp3) is 0.318. The van der Waals surface area contributed by atoms with Gasteiger partial charge in [0, 0.05) is 26.2 Å². The van der Waals surface area contributed by atoms with Gasteiger partial charge in [0.1, 0.15) is 4.90 Å². The Morgan fingerprint density at radius 3 is 2.48 bits per heavy atom. The van der Waals surface area contributed by atoms with Crippen LogP contribution in [-0.2, 0) is 21.2 Å². The molecule has 1 aliphatic heterocycles. The van der Waals surface area contributed by atoms with Crippen molar-refractivity contribution in [3.63, 3.8) is 0 Å². The molecule has 7 nitrogen and oxygen atoms in total. The molecule has 1 heterocycles. The smallest absolute Gasteiger partial charge is 0.260 e. The number of benzene rings is 2. The largest absolute Gasteiger partial charge is 0.493 e. The van der Waals surface area contributed by atoms with Gasteiger partial charge in [0.25, 0.3) is 5.91 Å². The number of carbonyl (C=O) groups is 1. The van der Waals surface area contributed by atoms with Gasteiger partial charge in [0.05, 0.1) is 12.1 Å². The van der Waals surface area contributed by atoms with Crippen LogP contribution in [0.3, 0.4) is 0 Å². The van der Waals surface area contributed by atoms with E-state index in [1.54, 1.807) is 42.4 Å². The van der Waals surface area contributed by atoms with Crippen LogP contribution in [0.1, 0.15) is 5.56 Å². The maximum Gasteiger partial charge on any atom is 0.260 e. The first kappa shape index (κ1) is 23.1. The molecule has 3 rings (SSSR count). The minimum Gasteiger partial charge on any atom is -0.493 e. The van der Waals surface area contributed by atoms with E-state index in [1.165, 1.54) is 10.4 Å². The van der Waals surface area contributed by atoms with E-state index in [1.807, 2.05) is 12.1 Å². The number of rotatable bonds is 8. The van der Waals surface area contributed by atoms with Gasteiger partial charge in [-0.1, -0.05) is 35.9 Å². The zero-order chi connectivity index (χ0) is 22.4. The van der Waals surface area contributed by atoms with E-state index in [2.05, 4.69) is 6.58 Å². The Hall–Kier alpha value is -2.55. The van der Waals surface area contributed by atoms with E-state index in [9.17, 15) is 13.2 Å². The van der Waals surface area contributed by atoms with Crippen LogP contribution < -0.4 is 9.47 Å². The average Bonchev–Trinajstić information content (AvgIpc) is 2.78. The van der Waals surface area contributed by atoms with Crippen molar-refractivity contribution in [2.24, 2.45) is 0 Å². The number of nitrogens with zero attached hydrogens (tertiary/aromatic N) is 2. The van der Waals surface area contributed by atoms with Crippen molar-refractivity contribution in [1.82, 2.24) is 9.21 Å². The molecule has 1 saturated heterocycles. The topological polar surface area (TPSA) is 76.2 Å². The maximum absolute atomic E-state index is 12.8. The van der Waals surface area contributed by atoms with Gasteiger partial charge in [-0.2, -0.15) is 4.31 Å². The Kier molecular flexibility index (Phi) is 7.59. The molecule has 2 aromatic rings. The Balaban J connectivity index is 1.57. The van der Waals surface area contributed by atoms with Crippen LogP contribution in [0, 0.1) is 0 Å². The second-order valence-corrected chi connectivity index (χ2v) is 9.30. The van der Waals surface area contributed by atoms with Crippen LogP contribution in [0.2, 0.25) is 5.02 Å². The second-order valence-electron chi connectivity index (χ2n) is 6.98. The number of piperazine rings is 1. The van der Waals surface area contributed by atoms with Gasteiger partial charge in [0.2, 0.25) is 10.0 Å². The van der Waals surface area contributed by atoms with Crippen molar-refractivity contribution in [2.75, 3.05) is 39.9 Å². The SMILES string of the molecule is C=CCc1ccc(OCC(=O)N2CCN(S(=O)(=O)c3ccccc3Cl)CC2)c(OC)c1. The van der Waals surface area contributed by atoms with Crippen molar-refractivity contribution in [2.45, 2.75) is 11.3 Å². The maximum atomic E-state index is 12.8. The molecule has 0 saturated carbocycles. The van der Waals surface area contributed by atoms with E-state index in [4.69, 9.17) is 21.1 Å². The predicted octanol–water partition coefficient (Wildman–Crippen LogP) is 2.99. The minimum atomic E-state index is -3.71. The van der Waals surface area contributed by atoms with Crippen molar-refractivity contribution in [3.8, 4) is 11.5 Å². The molecule has 0 bridgehead atoms. The Labute approximate surface area is 187 Å². The minimum absolute atomic E-state index is 0.0757. The molecule has 0 unspecified atom stereocenters. The third kappa shape index (κ3) is 5.39. The lowest BCUT2D eigenvalue weighted by molar-refractivity contribution is -0.134. The van der Waals surface area contributed by atoms with Crippen LogP contribution in [0.15, 0.2) is 60.0 Å². The number of hydrogen-bond donors (Lipinski definition) is 0. The lowest BCUT2D eigenvalue weighted by atomic mass is 10.1. The first-order valence-electron chi connectivity index (χ1n) is 9.80. The lowest BCUT2D eigenvalue weighted by Gasteiger charge is -2.34. The number of methoxy groups -OCH3 is 1. The summed E-state index contributed by atoms with van der Waals surface area (Å²) in [4.78, 5) is 14.2. The number of ether oxygens (including phenoxy) is 2. The molecular formula is C22H25ClN2O5S. The lowest BCUT2D eigenvalue weighted by Crippen LogP contribution is -2.51. The van der Waals surface area contributed by atoms with E-state index in [0.717, 1.165) is 5.56 Å². The number of allylic oxidation sites excluding steroid dienone is 1. The summed E-state index contributed by atoms with van der Waals surface area (Å²) in [5.74, 6) is 0.804. The first-order valence-corrected chi connectivity index (χ1v) is 11.6. The number of carbonyl (C=O) groups excluding carboxylic acids is 1. The molecule has 0 N–H and O–H groups in total. The van der Waals surface area contributed by atoms with Gasteiger partial charge < -0.3 is 14.4 Å². The zero-order valence-corrected chi connectivity index (χ0v) is 18.9. The summed E-state index contributed by atoms with van der Waals surface area (Å²) in [7, 11) is -2.16. The predicted molar refractivity (Wildman–Crippen MR) is 119 cm³/mol. The Morgan fingerprint density at radius 1 is 1.13 bits per heavy atom. The molecule has 9 heteroatoms. The summed E-state index contributed by atoms with van der Waals surface area (Å²) in [6.45, 7) is 4.50. The van der Waals surface area contributed by atoms with Crippen molar-refractivity contribution in [3.05, 3.63) is 65.7 Å². The molecule has 0 atom stereocenters. The number of sulfonamides is 1. The number of amides is 1. The molecule has 0 aromatic heterocycles. The highest BCUT2D eigenvalue weighted by molar-refractivity contribution is 7.89. The third-order valence-corrected chi connectivity index (χ3v) is 7.40. The summed E-state index contributed by atoms with van der Waals surface area (Å²) in [6, 6.07) is 11.8. The molecular weight excluding hydrogens is 440 g/mol. The van der Waals surface area contributed by atoms with Gasteiger partial charge in [-0.05, 0) is 36.2 Å². The van der Waals surface area contributed by atoms with Crippen molar-refractivity contribution >= 4 is 27.5 Å². The zero-order valence-electron chi connectivity index (χ0n) is 17.3. The van der Waals surface area contributed by atoms with Crippen molar-refractivity contribution in [1.29, 1.82) is 0 Å². The van der Waals surface area contributed by atoms with Gasteiger partial charge in [-0.25, -0.2) is 8.42 Å². The molecule has 166 valence electrons. The summed E-state index contributed by atoms with van der Waals surface area (Å²) >= 11 is 6.06. The van der Waals surface area contributed by atoms with Crippen molar-refractivity contribution < 1.29 is 22.7 Å². The molecule has 2 aromatic carbocycles. The molecule has 31 heavy (non-hydrogen) atoms. The molecule has 1 fully saturated rings. The van der Waals surface area contributed by atoms with E-state index in [0.29, 0.717) is 17.9 Å².